The van der Waals surface area contributed by atoms with Crippen LogP contribution in [0.3, 0.4) is 0 Å². The van der Waals surface area contributed by atoms with Gasteiger partial charge in [-0.3, -0.25) is 4.79 Å². The van der Waals surface area contributed by atoms with Crippen LogP contribution in [0.5, 0.6) is 0 Å². The molecule has 0 aromatic rings. The zero-order chi connectivity index (χ0) is 11.6. The van der Waals surface area contributed by atoms with Crippen LogP contribution in [-0.4, -0.2) is 54.1 Å². The van der Waals surface area contributed by atoms with E-state index in [2.05, 4.69) is 0 Å². The highest BCUT2D eigenvalue weighted by Gasteiger charge is 2.39. The number of carboxylic acids is 1. The molecule has 0 aliphatic carbocycles. The predicted octanol–water partition coefficient (Wildman–Crippen LogP) is 0.855. The Hall–Kier alpha value is -1.26. The summed E-state index contributed by atoms with van der Waals surface area (Å²) < 4.78 is 0. The molecule has 1 atom stereocenters. The quantitative estimate of drug-likeness (QED) is 0.704. The molecule has 0 aromatic carbocycles. The number of amides is 2. The first-order chi connectivity index (χ1) is 6.87. The van der Waals surface area contributed by atoms with Gasteiger partial charge in [0.05, 0.1) is 5.41 Å². The van der Waals surface area contributed by atoms with Gasteiger partial charge in [0.15, 0.2) is 0 Å². The average molecular weight is 214 g/mol. The van der Waals surface area contributed by atoms with Crippen LogP contribution in [0.4, 0.5) is 4.79 Å². The Balaban J connectivity index is 2.72. The number of carbonyl (C=O) groups is 2. The molecule has 86 valence electrons. The summed E-state index contributed by atoms with van der Waals surface area (Å²) in [6, 6.07) is -0.109. The minimum absolute atomic E-state index is 0.109. The number of hydrogen-bond donors (Lipinski definition) is 1. The third kappa shape index (κ3) is 2.40. The summed E-state index contributed by atoms with van der Waals surface area (Å²) in [7, 11) is 3.35. The molecule has 0 spiro atoms. The first kappa shape index (κ1) is 11.8. The second-order valence-electron chi connectivity index (χ2n) is 4.57. The standard InChI is InChI=1S/C10H18N2O3/c1-10(8(13)14)5-4-6-12(7-10)9(15)11(2)3/h4-7H2,1-3H3,(H,13,14). The second kappa shape index (κ2) is 4.08. The van der Waals surface area contributed by atoms with Gasteiger partial charge in [0.1, 0.15) is 0 Å². The number of carbonyl (C=O) groups excluding carboxylic acids is 1. The van der Waals surface area contributed by atoms with Gasteiger partial charge in [-0.05, 0) is 19.8 Å². The Morgan fingerprint density at radius 1 is 1.40 bits per heavy atom. The lowest BCUT2D eigenvalue weighted by Gasteiger charge is -2.38. The Morgan fingerprint density at radius 3 is 2.47 bits per heavy atom. The molecule has 1 fully saturated rings. The van der Waals surface area contributed by atoms with Crippen LogP contribution in [0, 0.1) is 5.41 Å². The molecule has 1 aliphatic heterocycles. The maximum Gasteiger partial charge on any atom is 0.319 e. The number of carboxylic acid groups (broad SMARTS) is 1. The smallest absolute Gasteiger partial charge is 0.319 e. The molecule has 1 N–H and O–H groups in total. The summed E-state index contributed by atoms with van der Waals surface area (Å²) in [6.07, 6.45) is 1.39. The molecule has 1 rings (SSSR count). The van der Waals surface area contributed by atoms with Crippen molar-refractivity contribution in [3.05, 3.63) is 0 Å². The van der Waals surface area contributed by atoms with Gasteiger partial charge in [0.2, 0.25) is 0 Å². The van der Waals surface area contributed by atoms with Gasteiger partial charge in [-0.1, -0.05) is 0 Å². The fourth-order valence-electron chi connectivity index (χ4n) is 1.86. The molecule has 0 radical (unpaired) electrons. The van der Waals surface area contributed by atoms with Crippen LogP contribution in [0.2, 0.25) is 0 Å². The molecule has 15 heavy (non-hydrogen) atoms. The van der Waals surface area contributed by atoms with Gasteiger partial charge in [0.25, 0.3) is 0 Å². The largest absolute Gasteiger partial charge is 0.481 e. The van der Waals surface area contributed by atoms with E-state index in [1.54, 1.807) is 25.9 Å². The van der Waals surface area contributed by atoms with E-state index in [0.29, 0.717) is 19.5 Å². The van der Waals surface area contributed by atoms with Crippen molar-refractivity contribution in [3.63, 3.8) is 0 Å². The van der Waals surface area contributed by atoms with E-state index in [1.807, 2.05) is 0 Å². The van der Waals surface area contributed by atoms with E-state index >= 15 is 0 Å². The van der Waals surface area contributed by atoms with Gasteiger partial charge in [-0.2, -0.15) is 0 Å². The monoisotopic (exact) mass is 214 g/mol. The normalized spacial score (nSPS) is 26.2. The van der Waals surface area contributed by atoms with E-state index in [-0.39, 0.29) is 6.03 Å². The zero-order valence-corrected chi connectivity index (χ0v) is 9.49. The fraction of sp³-hybridized carbons (Fsp3) is 0.800. The Morgan fingerprint density at radius 2 is 2.00 bits per heavy atom. The second-order valence-corrected chi connectivity index (χ2v) is 4.57. The topological polar surface area (TPSA) is 60.9 Å². The molecule has 0 aromatic heterocycles. The Kier molecular flexibility index (Phi) is 3.21. The number of nitrogens with zero attached hydrogens (tertiary/aromatic N) is 2. The highest BCUT2D eigenvalue weighted by molar-refractivity contribution is 5.78. The van der Waals surface area contributed by atoms with Crippen LogP contribution in [0.25, 0.3) is 0 Å². The lowest BCUT2D eigenvalue weighted by molar-refractivity contribution is -0.150. The molecule has 1 saturated heterocycles. The predicted molar refractivity (Wildman–Crippen MR) is 55.6 cm³/mol. The number of rotatable bonds is 1. The lowest BCUT2D eigenvalue weighted by atomic mass is 9.82. The van der Waals surface area contributed by atoms with E-state index < -0.39 is 11.4 Å². The third-order valence-electron chi connectivity index (χ3n) is 2.87. The molecular formula is C10H18N2O3. The average Bonchev–Trinajstić information content (AvgIpc) is 2.16. The summed E-state index contributed by atoms with van der Waals surface area (Å²) in [4.78, 5) is 25.8. The van der Waals surface area contributed by atoms with E-state index in [1.165, 1.54) is 4.90 Å². The van der Waals surface area contributed by atoms with Gasteiger partial charge in [-0.15, -0.1) is 0 Å². The molecule has 1 heterocycles. The summed E-state index contributed by atoms with van der Waals surface area (Å²) in [5.74, 6) is -0.821. The van der Waals surface area contributed by atoms with Gasteiger partial charge in [-0.25, -0.2) is 4.79 Å². The zero-order valence-electron chi connectivity index (χ0n) is 9.49. The fourth-order valence-corrected chi connectivity index (χ4v) is 1.86. The van der Waals surface area contributed by atoms with Gasteiger partial charge in [0, 0.05) is 27.2 Å². The number of aliphatic carboxylic acids is 1. The first-order valence-electron chi connectivity index (χ1n) is 5.06. The van der Waals surface area contributed by atoms with Crippen molar-refractivity contribution in [3.8, 4) is 0 Å². The highest BCUT2D eigenvalue weighted by Crippen LogP contribution is 2.29. The Labute approximate surface area is 89.7 Å². The van der Waals surface area contributed by atoms with E-state index in [9.17, 15) is 9.59 Å². The lowest BCUT2D eigenvalue weighted by Crippen LogP contribution is -2.51. The summed E-state index contributed by atoms with van der Waals surface area (Å²) in [5.41, 5.74) is -0.788. The number of piperidine rings is 1. The van der Waals surface area contributed by atoms with Crippen LogP contribution in [0.15, 0.2) is 0 Å². The van der Waals surface area contributed by atoms with Crippen LogP contribution < -0.4 is 0 Å². The van der Waals surface area contributed by atoms with Crippen LogP contribution >= 0.6 is 0 Å². The van der Waals surface area contributed by atoms with Crippen molar-refractivity contribution in [1.82, 2.24) is 9.80 Å². The number of hydrogen-bond acceptors (Lipinski definition) is 2. The molecule has 2 amide bonds. The molecule has 5 heteroatoms. The number of urea groups is 1. The Bertz CT molecular complexity index is 278. The van der Waals surface area contributed by atoms with E-state index in [0.717, 1.165) is 6.42 Å². The molecule has 0 saturated carbocycles. The molecule has 5 nitrogen and oxygen atoms in total. The van der Waals surface area contributed by atoms with Gasteiger partial charge < -0.3 is 14.9 Å². The number of likely N-dealkylation sites (tertiary alicyclic amines) is 1. The maximum atomic E-state index is 11.7. The molecular weight excluding hydrogens is 196 g/mol. The molecule has 1 unspecified atom stereocenters. The minimum Gasteiger partial charge on any atom is -0.481 e. The molecule has 1 aliphatic rings. The highest BCUT2D eigenvalue weighted by atomic mass is 16.4. The van der Waals surface area contributed by atoms with Gasteiger partial charge >= 0.3 is 12.0 Å². The third-order valence-corrected chi connectivity index (χ3v) is 2.87. The maximum absolute atomic E-state index is 11.7. The summed E-state index contributed by atoms with van der Waals surface area (Å²) >= 11 is 0. The van der Waals surface area contributed by atoms with Crippen LogP contribution in [-0.2, 0) is 4.79 Å². The van der Waals surface area contributed by atoms with Crippen molar-refractivity contribution in [2.24, 2.45) is 5.41 Å². The first-order valence-corrected chi connectivity index (χ1v) is 5.06. The summed E-state index contributed by atoms with van der Waals surface area (Å²) in [5, 5.41) is 9.08. The van der Waals surface area contributed by atoms with Crippen LogP contribution in [0.1, 0.15) is 19.8 Å². The minimum atomic E-state index is -0.821. The van der Waals surface area contributed by atoms with Crippen molar-refractivity contribution in [1.29, 1.82) is 0 Å². The van der Waals surface area contributed by atoms with Crippen molar-refractivity contribution >= 4 is 12.0 Å². The van der Waals surface area contributed by atoms with E-state index in [4.69, 9.17) is 5.11 Å². The molecule has 0 bridgehead atoms. The SMILES string of the molecule is CN(C)C(=O)N1CCCC(C)(C(=O)O)C1. The van der Waals surface area contributed by atoms with Crippen molar-refractivity contribution in [2.75, 3.05) is 27.2 Å². The summed E-state index contributed by atoms with van der Waals surface area (Å²) in [6.45, 7) is 2.66. The van der Waals surface area contributed by atoms with Crippen molar-refractivity contribution in [2.45, 2.75) is 19.8 Å². The van der Waals surface area contributed by atoms with Crippen molar-refractivity contribution < 1.29 is 14.7 Å².